The number of anilines is 1. The number of rotatable bonds is 5. The number of nitrogens with zero attached hydrogens (tertiary/aromatic N) is 1. The van der Waals surface area contributed by atoms with Crippen molar-refractivity contribution in [3.8, 4) is 0 Å². The number of fused-ring (bicyclic) bond motifs is 1. The molecular weight excluding hydrogens is 398 g/mol. The number of sulfone groups is 2. The van der Waals surface area contributed by atoms with E-state index >= 15 is 0 Å². The van der Waals surface area contributed by atoms with Crippen molar-refractivity contribution in [2.45, 2.75) is 36.0 Å². The van der Waals surface area contributed by atoms with Crippen LogP contribution in [0.3, 0.4) is 0 Å². The Morgan fingerprint density at radius 1 is 1.00 bits per heavy atom. The molecule has 0 saturated carbocycles. The molecular formula is C20H23NO5S2. The van der Waals surface area contributed by atoms with Gasteiger partial charge >= 0.3 is 0 Å². The van der Waals surface area contributed by atoms with Gasteiger partial charge in [-0.05, 0) is 55.7 Å². The molecule has 1 amide bonds. The number of carbonyl (C=O) groups is 1. The Kier molecular flexibility index (Phi) is 5.63. The molecule has 150 valence electrons. The van der Waals surface area contributed by atoms with E-state index in [2.05, 4.69) is 0 Å². The van der Waals surface area contributed by atoms with E-state index in [-0.39, 0.29) is 27.9 Å². The monoisotopic (exact) mass is 421 g/mol. The van der Waals surface area contributed by atoms with Crippen LogP contribution in [-0.4, -0.2) is 41.3 Å². The van der Waals surface area contributed by atoms with Crippen molar-refractivity contribution in [1.29, 1.82) is 0 Å². The van der Waals surface area contributed by atoms with Crippen molar-refractivity contribution in [1.82, 2.24) is 0 Å². The molecule has 0 aromatic heterocycles. The summed E-state index contributed by atoms with van der Waals surface area (Å²) in [5, 5.41) is 0. The highest BCUT2D eigenvalue weighted by atomic mass is 32.2. The van der Waals surface area contributed by atoms with Gasteiger partial charge in [-0.3, -0.25) is 4.79 Å². The van der Waals surface area contributed by atoms with E-state index in [0.29, 0.717) is 25.1 Å². The van der Waals surface area contributed by atoms with Crippen molar-refractivity contribution in [3.05, 3.63) is 53.6 Å². The zero-order valence-corrected chi connectivity index (χ0v) is 17.5. The van der Waals surface area contributed by atoms with E-state index in [1.54, 1.807) is 41.3 Å². The first kappa shape index (κ1) is 20.5. The maximum absolute atomic E-state index is 12.7. The molecule has 0 atom stereocenters. The molecule has 3 rings (SSSR count). The lowest BCUT2D eigenvalue weighted by Crippen LogP contribution is -2.36. The van der Waals surface area contributed by atoms with Gasteiger partial charge in [0.25, 0.3) is 0 Å². The summed E-state index contributed by atoms with van der Waals surface area (Å²) in [5.74, 6) is -0.536. The standard InChI is InChI=1S/C20H23NO5S2/c1-15-5-7-17(8-6-15)28(25,26)13-11-20(22)21-12-3-4-16-14-18(27(2,23)24)9-10-19(16)21/h5-10,14H,3-4,11-13H2,1-2H3. The van der Waals surface area contributed by atoms with Crippen LogP contribution in [0.25, 0.3) is 0 Å². The van der Waals surface area contributed by atoms with Crippen molar-refractivity contribution in [2.75, 3.05) is 23.5 Å². The lowest BCUT2D eigenvalue weighted by atomic mass is 10.0. The fourth-order valence-corrected chi connectivity index (χ4v) is 5.18. The minimum atomic E-state index is -3.54. The quantitative estimate of drug-likeness (QED) is 0.740. The summed E-state index contributed by atoms with van der Waals surface area (Å²) in [6.45, 7) is 2.37. The highest BCUT2D eigenvalue weighted by molar-refractivity contribution is 7.91. The summed E-state index contributed by atoms with van der Waals surface area (Å²) < 4.78 is 48.5. The number of carbonyl (C=O) groups excluding carboxylic acids is 1. The first-order valence-electron chi connectivity index (χ1n) is 9.01. The molecule has 0 fully saturated rings. The van der Waals surface area contributed by atoms with E-state index in [9.17, 15) is 21.6 Å². The van der Waals surface area contributed by atoms with E-state index in [1.165, 1.54) is 6.07 Å². The Balaban J connectivity index is 1.76. The second kappa shape index (κ2) is 7.67. The summed E-state index contributed by atoms with van der Waals surface area (Å²) >= 11 is 0. The zero-order valence-electron chi connectivity index (χ0n) is 15.9. The number of hydrogen-bond acceptors (Lipinski definition) is 5. The van der Waals surface area contributed by atoms with Gasteiger partial charge in [-0.2, -0.15) is 0 Å². The summed E-state index contributed by atoms with van der Waals surface area (Å²) in [6, 6.07) is 11.3. The lowest BCUT2D eigenvalue weighted by molar-refractivity contribution is -0.118. The van der Waals surface area contributed by atoms with Crippen LogP contribution in [0.15, 0.2) is 52.3 Å². The Hall–Kier alpha value is -2.19. The first-order chi connectivity index (χ1) is 13.1. The predicted octanol–water partition coefficient (Wildman–Crippen LogP) is 2.54. The minimum Gasteiger partial charge on any atom is -0.312 e. The number of aryl methyl sites for hydroxylation is 2. The summed E-state index contributed by atoms with van der Waals surface area (Å²) in [5.41, 5.74) is 2.42. The van der Waals surface area contributed by atoms with E-state index < -0.39 is 19.7 Å². The van der Waals surface area contributed by atoms with Crippen molar-refractivity contribution < 1.29 is 21.6 Å². The summed E-state index contributed by atoms with van der Waals surface area (Å²) in [6.07, 6.45) is 2.42. The van der Waals surface area contributed by atoms with Crippen LogP contribution in [0.4, 0.5) is 5.69 Å². The average Bonchev–Trinajstić information content (AvgIpc) is 2.65. The normalized spacial score (nSPS) is 14.6. The van der Waals surface area contributed by atoms with Crippen molar-refractivity contribution >= 4 is 31.3 Å². The first-order valence-corrected chi connectivity index (χ1v) is 12.5. The topological polar surface area (TPSA) is 88.6 Å². The molecule has 8 heteroatoms. The van der Waals surface area contributed by atoms with Crippen molar-refractivity contribution in [3.63, 3.8) is 0 Å². The van der Waals surface area contributed by atoms with Crippen LogP contribution < -0.4 is 4.90 Å². The predicted molar refractivity (Wildman–Crippen MR) is 108 cm³/mol. The van der Waals surface area contributed by atoms with Crippen LogP contribution in [0.5, 0.6) is 0 Å². The highest BCUT2D eigenvalue weighted by Gasteiger charge is 2.25. The SMILES string of the molecule is Cc1ccc(S(=O)(=O)CCC(=O)N2CCCc3cc(S(C)(=O)=O)ccc32)cc1. The molecule has 0 saturated heterocycles. The van der Waals surface area contributed by atoms with Gasteiger partial charge in [0.2, 0.25) is 5.91 Å². The van der Waals surface area contributed by atoms with Gasteiger partial charge in [0.15, 0.2) is 19.7 Å². The Bertz CT molecular complexity index is 1100. The third-order valence-electron chi connectivity index (χ3n) is 4.86. The zero-order chi connectivity index (χ0) is 20.5. The molecule has 2 aromatic carbocycles. The third kappa shape index (κ3) is 4.44. The van der Waals surface area contributed by atoms with Gasteiger partial charge < -0.3 is 4.90 Å². The molecule has 1 aliphatic heterocycles. The molecule has 1 aliphatic rings. The summed E-state index contributed by atoms with van der Waals surface area (Å²) in [4.78, 5) is 14.7. The Morgan fingerprint density at radius 2 is 1.64 bits per heavy atom. The van der Waals surface area contributed by atoms with Gasteiger partial charge in [0.05, 0.1) is 15.5 Å². The van der Waals surface area contributed by atoms with Gasteiger partial charge in [-0.1, -0.05) is 17.7 Å². The van der Waals surface area contributed by atoms with Crippen molar-refractivity contribution in [2.24, 2.45) is 0 Å². The second-order valence-corrected chi connectivity index (χ2v) is 11.2. The fraction of sp³-hybridized carbons (Fsp3) is 0.350. The molecule has 0 N–H and O–H groups in total. The lowest BCUT2D eigenvalue weighted by Gasteiger charge is -2.30. The van der Waals surface area contributed by atoms with Gasteiger partial charge in [0.1, 0.15) is 0 Å². The molecule has 1 heterocycles. The van der Waals surface area contributed by atoms with Crippen LogP contribution >= 0.6 is 0 Å². The van der Waals surface area contributed by atoms with Crippen LogP contribution in [0, 0.1) is 6.92 Å². The average molecular weight is 422 g/mol. The number of hydrogen-bond donors (Lipinski definition) is 0. The molecule has 6 nitrogen and oxygen atoms in total. The molecule has 0 bridgehead atoms. The molecule has 28 heavy (non-hydrogen) atoms. The maximum Gasteiger partial charge on any atom is 0.228 e. The maximum atomic E-state index is 12.7. The molecule has 0 aliphatic carbocycles. The largest absolute Gasteiger partial charge is 0.312 e. The third-order valence-corrected chi connectivity index (χ3v) is 7.71. The van der Waals surface area contributed by atoms with Gasteiger partial charge in [-0.15, -0.1) is 0 Å². The molecule has 2 aromatic rings. The Labute approximate surface area is 166 Å². The number of amides is 1. The Morgan fingerprint density at radius 3 is 2.29 bits per heavy atom. The van der Waals surface area contributed by atoms with E-state index in [1.807, 2.05) is 6.92 Å². The highest BCUT2D eigenvalue weighted by Crippen LogP contribution is 2.30. The van der Waals surface area contributed by atoms with E-state index in [0.717, 1.165) is 17.4 Å². The smallest absolute Gasteiger partial charge is 0.228 e. The molecule has 0 unspecified atom stereocenters. The second-order valence-electron chi connectivity index (χ2n) is 7.09. The van der Waals surface area contributed by atoms with E-state index in [4.69, 9.17) is 0 Å². The van der Waals surface area contributed by atoms with Crippen LogP contribution in [0.1, 0.15) is 24.0 Å². The van der Waals surface area contributed by atoms with Crippen LogP contribution in [-0.2, 0) is 30.9 Å². The molecule has 0 spiro atoms. The number of benzene rings is 2. The minimum absolute atomic E-state index is 0.122. The fourth-order valence-electron chi connectivity index (χ4n) is 3.28. The molecule has 0 radical (unpaired) electrons. The van der Waals surface area contributed by atoms with Gasteiger partial charge in [0, 0.05) is 24.9 Å². The van der Waals surface area contributed by atoms with Crippen LogP contribution in [0.2, 0.25) is 0 Å². The van der Waals surface area contributed by atoms with Gasteiger partial charge in [-0.25, -0.2) is 16.8 Å². The summed E-state index contributed by atoms with van der Waals surface area (Å²) in [7, 11) is -6.86.